The van der Waals surface area contributed by atoms with Crippen LogP contribution in [0.15, 0.2) is 33.8 Å². The number of allylic oxidation sites excluding steroid dienone is 1. The first kappa shape index (κ1) is 9.46. The number of halogens is 1. The van der Waals surface area contributed by atoms with Crippen LogP contribution in [-0.4, -0.2) is 22.1 Å². The van der Waals surface area contributed by atoms with Crippen molar-refractivity contribution in [1.82, 2.24) is 0 Å². The summed E-state index contributed by atoms with van der Waals surface area (Å²) < 4.78 is 13.3. The molecule has 78 valence electrons. The van der Waals surface area contributed by atoms with Crippen molar-refractivity contribution >= 4 is 11.5 Å². The summed E-state index contributed by atoms with van der Waals surface area (Å²) in [5.74, 6) is -0.971. The number of rotatable bonds is 1. The molecule has 1 heterocycles. The number of nitrogens with two attached hydrogens (primary N) is 2. The topological polar surface area (TPSA) is 120 Å². The summed E-state index contributed by atoms with van der Waals surface area (Å²) in [6.07, 6.45) is 1.70. The molecule has 1 aliphatic carbocycles. The molecule has 0 amide bonds. The van der Waals surface area contributed by atoms with Gasteiger partial charge < -0.3 is 5.73 Å². The maximum Gasteiger partial charge on any atom is 0.314 e. The Morgan fingerprint density at radius 1 is 1.47 bits per heavy atom. The van der Waals surface area contributed by atoms with Crippen LogP contribution < -0.4 is 11.5 Å². The molecule has 15 heavy (non-hydrogen) atoms. The first-order valence-corrected chi connectivity index (χ1v) is 3.91. The van der Waals surface area contributed by atoms with Crippen LogP contribution in [0.5, 0.6) is 0 Å². The van der Waals surface area contributed by atoms with Crippen molar-refractivity contribution in [3.63, 3.8) is 0 Å². The van der Waals surface area contributed by atoms with Crippen LogP contribution in [0.2, 0.25) is 0 Å². The van der Waals surface area contributed by atoms with E-state index in [1.165, 1.54) is 0 Å². The van der Waals surface area contributed by atoms with Crippen LogP contribution in [0.1, 0.15) is 0 Å². The van der Waals surface area contributed by atoms with Gasteiger partial charge in [-0.2, -0.15) is 0 Å². The van der Waals surface area contributed by atoms with Crippen molar-refractivity contribution < 1.29 is 9.31 Å². The summed E-state index contributed by atoms with van der Waals surface area (Å²) in [6, 6.07) is 0. The van der Waals surface area contributed by atoms with Crippen LogP contribution in [0.25, 0.3) is 0 Å². The molecule has 0 aromatic carbocycles. The van der Waals surface area contributed by atoms with Gasteiger partial charge in [0.2, 0.25) is 0 Å². The zero-order valence-corrected chi connectivity index (χ0v) is 7.35. The Morgan fingerprint density at radius 2 is 2.13 bits per heavy atom. The van der Waals surface area contributed by atoms with Gasteiger partial charge >= 0.3 is 5.66 Å². The summed E-state index contributed by atoms with van der Waals surface area (Å²) in [5, 5.41) is 17.5. The summed E-state index contributed by atoms with van der Waals surface area (Å²) in [5.41, 5.74) is 8.58. The highest BCUT2D eigenvalue weighted by Crippen LogP contribution is 2.26. The minimum atomic E-state index is -2.09. The van der Waals surface area contributed by atoms with Gasteiger partial charge in [0, 0.05) is 6.08 Å². The van der Waals surface area contributed by atoms with Gasteiger partial charge in [0.05, 0.1) is 16.6 Å². The highest BCUT2D eigenvalue weighted by atomic mass is 19.1. The van der Waals surface area contributed by atoms with Gasteiger partial charge in [-0.15, -0.1) is 10.2 Å². The maximum atomic E-state index is 13.3. The smallest absolute Gasteiger partial charge is 0.314 e. The largest absolute Gasteiger partial charge is 0.382 e. The summed E-state index contributed by atoms with van der Waals surface area (Å²) in [7, 11) is 0. The fourth-order valence-corrected chi connectivity index (χ4v) is 1.30. The number of amidine groups is 1. The van der Waals surface area contributed by atoms with E-state index in [0.29, 0.717) is 6.08 Å². The highest BCUT2D eigenvalue weighted by Gasteiger charge is 2.42. The molecule has 7 nitrogen and oxygen atoms in total. The molecule has 1 aliphatic heterocycles. The number of hydrogen-bond donors (Lipinski definition) is 2. The second-order valence-corrected chi connectivity index (χ2v) is 3.13. The van der Waals surface area contributed by atoms with E-state index in [9.17, 15) is 14.5 Å². The number of hydrogen-bond acceptors (Lipinski definition) is 6. The maximum absolute atomic E-state index is 13.3. The monoisotopic (exact) mass is 211 g/mol. The van der Waals surface area contributed by atoms with Crippen LogP contribution in [0, 0.1) is 10.1 Å². The SMILES string of the molecule is NC1=NN=C2C(F)=C[C@](N)([N+](=O)[O-])C=C12. The molecule has 0 spiro atoms. The lowest BCUT2D eigenvalue weighted by molar-refractivity contribution is -0.539. The third kappa shape index (κ3) is 1.22. The van der Waals surface area contributed by atoms with Gasteiger partial charge in [0.15, 0.2) is 11.7 Å². The zero-order valence-electron chi connectivity index (χ0n) is 7.35. The molecule has 0 saturated carbocycles. The molecule has 8 heteroatoms. The minimum absolute atomic E-state index is 0.0641. The van der Waals surface area contributed by atoms with Crippen molar-refractivity contribution in [3.05, 3.63) is 33.7 Å². The van der Waals surface area contributed by atoms with Crippen molar-refractivity contribution in [2.75, 3.05) is 0 Å². The first-order chi connectivity index (χ1) is 6.94. The Balaban J connectivity index is 2.56. The summed E-state index contributed by atoms with van der Waals surface area (Å²) in [4.78, 5) is 9.80. The Bertz CT molecular complexity index is 478. The van der Waals surface area contributed by atoms with Gasteiger partial charge in [-0.3, -0.25) is 15.8 Å². The van der Waals surface area contributed by atoms with Crippen molar-refractivity contribution in [3.8, 4) is 0 Å². The van der Waals surface area contributed by atoms with Crippen molar-refractivity contribution in [2.45, 2.75) is 5.66 Å². The van der Waals surface area contributed by atoms with Crippen LogP contribution in [-0.2, 0) is 0 Å². The molecule has 4 N–H and O–H groups in total. The number of nitrogens with zero attached hydrogens (tertiary/aromatic N) is 3. The molecule has 0 fully saturated rings. The summed E-state index contributed by atoms with van der Waals surface area (Å²) in [6.45, 7) is 0. The second kappa shape index (κ2) is 2.70. The summed E-state index contributed by atoms with van der Waals surface area (Å²) >= 11 is 0. The van der Waals surface area contributed by atoms with E-state index in [0.717, 1.165) is 6.08 Å². The Labute approximate surface area is 82.8 Å². The molecule has 0 aromatic heterocycles. The van der Waals surface area contributed by atoms with Crippen LogP contribution >= 0.6 is 0 Å². The lowest BCUT2D eigenvalue weighted by Gasteiger charge is -2.18. The average Bonchev–Trinajstić information content (AvgIpc) is 2.48. The number of nitro groups is 1. The Hall–Kier alpha value is -2.09. The van der Waals surface area contributed by atoms with E-state index < -0.39 is 16.4 Å². The molecule has 0 unspecified atom stereocenters. The third-order valence-corrected chi connectivity index (χ3v) is 2.06. The van der Waals surface area contributed by atoms with Gasteiger partial charge in [-0.05, 0) is 0 Å². The van der Waals surface area contributed by atoms with Gasteiger partial charge in [-0.25, -0.2) is 4.39 Å². The predicted octanol–water partition coefficient (Wildman–Crippen LogP) is -0.562. The van der Waals surface area contributed by atoms with Gasteiger partial charge in [0.25, 0.3) is 0 Å². The fraction of sp³-hybridized carbons (Fsp3) is 0.143. The Morgan fingerprint density at radius 3 is 2.73 bits per heavy atom. The predicted molar refractivity (Wildman–Crippen MR) is 50.2 cm³/mol. The van der Waals surface area contributed by atoms with Crippen LogP contribution in [0.3, 0.4) is 0 Å². The van der Waals surface area contributed by atoms with E-state index in [1.807, 2.05) is 0 Å². The van der Waals surface area contributed by atoms with E-state index in [-0.39, 0.29) is 17.1 Å². The quantitative estimate of drug-likeness (QED) is 0.343. The van der Waals surface area contributed by atoms with Crippen molar-refractivity contribution in [2.24, 2.45) is 21.7 Å². The molecule has 0 radical (unpaired) electrons. The lowest BCUT2D eigenvalue weighted by atomic mass is 9.95. The van der Waals surface area contributed by atoms with Gasteiger partial charge in [0.1, 0.15) is 5.71 Å². The Kier molecular flexibility index (Phi) is 1.70. The number of fused-ring (bicyclic) bond motifs is 1. The normalized spacial score (nSPS) is 28.7. The molecule has 2 rings (SSSR count). The fourth-order valence-electron chi connectivity index (χ4n) is 1.30. The average molecular weight is 211 g/mol. The third-order valence-electron chi connectivity index (χ3n) is 2.06. The minimum Gasteiger partial charge on any atom is -0.382 e. The van der Waals surface area contributed by atoms with E-state index in [2.05, 4.69) is 10.2 Å². The lowest BCUT2D eigenvalue weighted by Crippen LogP contribution is -2.47. The first-order valence-electron chi connectivity index (χ1n) is 3.91. The van der Waals surface area contributed by atoms with E-state index in [1.54, 1.807) is 0 Å². The van der Waals surface area contributed by atoms with Gasteiger partial charge in [-0.1, -0.05) is 0 Å². The molecule has 2 aliphatic rings. The second-order valence-electron chi connectivity index (χ2n) is 3.13. The molecule has 0 bridgehead atoms. The van der Waals surface area contributed by atoms with Crippen molar-refractivity contribution in [1.29, 1.82) is 0 Å². The standard InChI is InChI=1S/C7H6FN5O2/c8-4-2-7(10,13(14)15)1-3-5(4)11-12-6(3)9/h1-2H,10H2,(H2,9,12)/t7-/m1/s1. The molecule has 1 atom stereocenters. The molecule has 0 saturated heterocycles. The molecular formula is C7H6FN5O2. The molecular weight excluding hydrogens is 205 g/mol. The van der Waals surface area contributed by atoms with E-state index in [4.69, 9.17) is 11.5 Å². The zero-order chi connectivity index (χ0) is 11.2. The van der Waals surface area contributed by atoms with Crippen LogP contribution in [0.4, 0.5) is 4.39 Å². The molecule has 0 aromatic rings. The van der Waals surface area contributed by atoms with E-state index >= 15 is 0 Å². The highest BCUT2D eigenvalue weighted by molar-refractivity contribution is 6.31.